The minimum absolute atomic E-state index is 0.156. The molecule has 0 radical (unpaired) electrons. The molecule has 9 nitrogen and oxygen atoms in total. The quantitative estimate of drug-likeness (QED) is 0.500. The maximum atomic E-state index is 11.1. The predicted molar refractivity (Wildman–Crippen MR) is 82.4 cm³/mol. The van der Waals surface area contributed by atoms with Gasteiger partial charge >= 0.3 is 11.9 Å². The molecular weight excluding hydrogens is 336 g/mol. The topological polar surface area (TPSA) is 143 Å². The zero-order valence-corrected chi connectivity index (χ0v) is 14.3. The van der Waals surface area contributed by atoms with E-state index in [-0.39, 0.29) is 11.1 Å². The van der Waals surface area contributed by atoms with Crippen LogP contribution < -0.4 is 0 Å². The number of hydrogen-bond acceptors (Lipinski definition) is 7. The zero-order chi connectivity index (χ0) is 19.2. The Morgan fingerprint density at radius 2 is 1.64 bits per heavy atom. The summed E-state index contributed by atoms with van der Waals surface area (Å²) < 4.78 is 16.7. The van der Waals surface area contributed by atoms with Gasteiger partial charge in [0.15, 0.2) is 12.1 Å². The fourth-order valence-corrected chi connectivity index (χ4v) is 2.90. The van der Waals surface area contributed by atoms with Crippen LogP contribution >= 0.6 is 0 Å². The first-order chi connectivity index (χ1) is 11.4. The molecule has 0 aromatic carbocycles. The van der Waals surface area contributed by atoms with Crippen LogP contribution in [-0.2, 0) is 23.8 Å². The average molecular weight is 358 g/mol. The molecule has 2 rings (SSSR count). The van der Waals surface area contributed by atoms with Gasteiger partial charge in [-0.1, -0.05) is 0 Å². The predicted octanol–water partition coefficient (Wildman–Crippen LogP) is 0.0166. The monoisotopic (exact) mass is 358 g/mol. The highest BCUT2D eigenvalue weighted by Crippen LogP contribution is 2.45. The second-order valence-corrected chi connectivity index (χ2v) is 6.65. The molecule has 4 N–H and O–H groups in total. The van der Waals surface area contributed by atoms with Crippen LogP contribution in [0.4, 0.5) is 0 Å². The van der Waals surface area contributed by atoms with Gasteiger partial charge in [-0.2, -0.15) is 0 Å². The molecule has 2 aliphatic rings. The number of rotatable bonds is 5. The SMILES string of the molecule is CC(=CC(O)[C@H]1O[C@@H]2OC(C)(C)O[C@@H]2[C@]1(O)C=C(C)C(=O)O)C(=O)O. The molecular formula is C16H22O9. The van der Waals surface area contributed by atoms with Gasteiger partial charge in [-0.3, -0.25) is 0 Å². The number of carboxylic acids is 2. The zero-order valence-electron chi connectivity index (χ0n) is 14.3. The summed E-state index contributed by atoms with van der Waals surface area (Å²) in [5, 5.41) is 39.4. The van der Waals surface area contributed by atoms with Gasteiger partial charge in [-0.05, 0) is 39.8 Å². The molecule has 0 bridgehead atoms. The first-order valence-electron chi connectivity index (χ1n) is 7.63. The van der Waals surface area contributed by atoms with Crippen molar-refractivity contribution in [3.05, 3.63) is 23.3 Å². The summed E-state index contributed by atoms with van der Waals surface area (Å²) in [6, 6.07) is 0. The van der Waals surface area contributed by atoms with Crippen LogP contribution in [-0.4, -0.2) is 68.4 Å². The van der Waals surface area contributed by atoms with Crippen LogP contribution in [0.15, 0.2) is 23.3 Å². The summed E-state index contributed by atoms with van der Waals surface area (Å²) in [6.45, 7) is 5.75. The second-order valence-electron chi connectivity index (χ2n) is 6.65. The van der Waals surface area contributed by atoms with Gasteiger partial charge in [0, 0.05) is 11.1 Å². The van der Waals surface area contributed by atoms with Crippen LogP contribution in [0.25, 0.3) is 0 Å². The van der Waals surface area contributed by atoms with Crippen molar-refractivity contribution < 1.29 is 44.2 Å². The van der Waals surface area contributed by atoms with Crippen molar-refractivity contribution in [2.75, 3.05) is 0 Å². The molecule has 2 fully saturated rings. The number of hydrogen-bond donors (Lipinski definition) is 4. The first-order valence-corrected chi connectivity index (χ1v) is 7.63. The highest BCUT2D eigenvalue weighted by Gasteiger charge is 2.63. The average Bonchev–Trinajstić information content (AvgIpc) is 2.90. The third kappa shape index (κ3) is 3.75. The fraction of sp³-hybridized carbons (Fsp3) is 0.625. The van der Waals surface area contributed by atoms with Crippen molar-refractivity contribution >= 4 is 11.9 Å². The van der Waals surface area contributed by atoms with E-state index in [1.807, 2.05) is 0 Å². The highest BCUT2D eigenvalue weighted by atomic mass is 16.8. The van der Waals surface area contributed by atoms with E-state index in [1.54, 1.807) is 13.8 Å². The van der Waals surface area contributed by atoms with Crippen LogP contribution in [0.2, 0.25) is 0 Å². The Morgan fingerprint density at radius 3 is 2.16 bits per heavy atom. The number of carboxylic acid groups (broad SMARTS) is 2. The Balaban J connectivity index is 2.42. The molecule has 0 saturated carbocycles. The number of carbonyl (C=O) groups is 2. The Bertz CT molecular complexity index is 636. The molecule has 2 aliphatic heterocycles. The molecule has 0 aliphatic carbocycles. The first kappa shape index (κ1) is 19.5. The second kappa shape index (κ2) is 6.50. The molecule has 0 spiro atoms. The van der Waals surface area contributed by atoms with Crippen LogP contribution in [0.5, 0.6) is 0 Å². The van der Waals surface area contributed by atoms with E-state index in [0.717, 1.165) is 12.2 Å². The van der Waals surface area contributed by atoms with Gasteiger partial charge in [0.05, 0.1) is 0 Å². The number of aliphatic hydroxyl groups is 2. The number of aliphatic hydroxyl groups excluding tert-OH is 1. The summed E-state index contributed by atoms with van der Waals surface area (Å²) in [4.78, 5) is 22.1. The van der Waals surface area contributed by atoms with Crippen molar-refractivity contribution in [2.24, 2.45) is 0 Å². The van der Waals surface area contributed by atoms with Gasteiger partial charge in [0.25, 0.3) is 0 Å². The summed E-state index contributed by atoms with van der Waals surface area (Å²) in [6.07, 6.45) is -3.00. The molecule has 5 atom stereocenters. The fourth-order valence-electron chi connectivity index (χ4n) is 2.90. The van der Waals surface area contributed by atoms with E-state index in [4.69, 9.17) is 24.4 Å². The number of ether oxygens (including phenoxy) is 3. The van der Waals surface area contributed by atoms with E-state index in [1.165, 1.54) is 13.8 Å². The minimum Gasteiger partial charge on any atom is -0.478 e. The smallest absolute Gasteiger partial charge is 0.331 e. The molecule has 2 heterocycles. The van der Waals surface area contributed by atoms with Gasteiger partial charge in [-0.15, -0.1) is 0 Å². The van der Waals surface area contributed by atoms with E-state index >= 15 is 0 Å². The summed E-state index contributed by atoms with van der Waals surface area (Å²) in [7, 11) is 0. The maximum absolute atomic E-state index is 11.1. The normalized spacial score (nSPS) is 36.2. The van der Waals surface area contributed by atoms with Crippen molar-refractivity contribution in [1.82, 2.24) is 0 Å². The molecule has 0 amide bonds. The molecule has 0 aromatic rings. The van der Waals surface area contributed by atoms with Crippen LogP contribution in [0, 0.1) is 0 Å². The number of aliphatic carboxylic acids is 2. The van der Waals surface area contributed by atoms with Crippen LogP contribution in [0.3, 0.4) is 0 Å². The standard InChI is InChI=1S/C16H22O9/c1-7(12(18)19)5-9(17)10-16(22,6-8(2)13(20)21)11-14(23-10)25-15(3,4)24-11/h5-6,9-11,14,17,22H,1-4H3,(H,18,19)(H,20,21)/t9?,10-,11+,14-,16+/m1/s1. The molecule has 25 heavy (non-hydrogen) atoms. The lowest BCUT2D eigenvalue weighted by Gasteiger charge is -2.33. The molecule has 140 valence electrons. The van der Waals surface area contributed by atoms with Crippen molar-refractivity contribution in [1.29, 1.82) is 0 Å². The molecule has 0 aromatic heterocycles. The van der Waals surface area contributed by atoms with Gasteiger partial charge in [0.2, 0.25) is 0 Å². The lowest BCUT2D eigenvalue weighted by molar-refractivity contribution is -0.232. The van der Waals surface area contributed by atoms with E-state index < -0.39 is 47.9 Å². The number of fused-ring (bicyclic) bond motifs is 1. The lowest BCUT2D eigenvalue weighted by Crippen LogP contribution is -2.52. The Labute approximate surface area is 144 Å². The summed E-state index contributed by atoms with van der Waals surface area (Å²) in [5.41, 5.74) is -2.37. The Hall–Kier alpha value is -1.78. The molecule has 1 unspecified atom stereocenters. The molecule has 2 saturated heterocycles. The van der Waals surface area contributed by atoms with Crippen LogP contribution in [0.1, 0.15) is 27.7 Å². The Morgan fingerprint density at radius 1 is 1.08 bits per heavy atom. The van der Waals surface area contributed by atoms with Gasteiger partial charge < -0.3 is 34.6 Å². The van der Waals surface area contributed by atoms with Gasteiger partial charge in [0.1, 0.15) is 23.9 Å². The van der Waals surface area contributed by atoms with Crippen molar-refractivity contribution in [2.45, 2.75) is 63.7 Å². The van der Waals surface area contributed by atoms with Crippen molar-refractivity contribution in [3.63, 3.8) is 0 Å². The Kier molecular flexibility index (Phi) is 5.08. The largest absolute Gasteiger partial charge is 0.478 e. The van der Waals surface area contributed by atoms with E-state index in [0.29, 0.717) is 0 Å². The molecule has 9 heteroatoms. The summed E-state index contributed by atoms with van der Waals surface area (Å²) >= 11 is 0. The summed E-state index contributed by atoms with van der Waals surface area (Å²) in [5.74, 6) is -3.58. The third-order valence-electron chi connectivity index (χ3n) is 4.10. The lowest BCUT2D eigenvalue weighted by atomic mass is 9.86. The van der Waals surface area contributed by atoms with Crippen molar-refractivity contribution in [3.8, 4) is 0 Å². The maximum Gasteiger partial charge on any atom is 0.331 e. The van der Waals surface area contributed by atoms with E-state index in [9.17, 15) is 19.8 Å². The van der Waals surface area contributed by atoms with Gasteiger partial charge in [-0.25, -0.2) is 9.59 Å². The minimum atomic E-state index is -2.03. The highest BCUT2D eigenvalue weighted by molar-refractivity contribution is 5.86. The third-order valence-corrected chi connectivity index (χ3v) is 4.10. The van der Waals surface area contributed by atoms with E-state index in [2.05, 4.69) is 0 Å².